The van der Waals surface area contributed by atoms with Gasteiger partial charge in [-0.05, 0) is 11.8 Å². The summed E-state index contributed by atoms with van der Waals surface area (Å²) < 4.78 is 0.733. The van der Waals surface area contributed by atoms with Gasteiger partial charge in [-0.2, -0.15) is 0 Å². The van der Waals surface area contributed by atoms with E-state index in [1.807, 2.05) is 0 Å². The largest absolute Gasteiger partial charge is 0.361 e. The van der Waals surface area contributed by atoms with Gasteiger partial charge >= 0.3 is 0 Å². The van der Waals surface area contributed by atoms with E-state index in [2.05, 4.69) is 31.1 Å². The van der Waals surface area contributed by atoms with Crippen LogP contribution in [0.5, 0.6) is 0 Å². The van der Waals surface area contributed by atoms with Crippen LogP contribution in [0.15, 0.2) is 6.20 Å². The van der Waals surface area contributed by atoms with Crippen molar-refractivity contribution < 1.29 is 0 Å². The van der Waals surface area contributed by atoms with Gasteiger partial charge in [0.2, 0.25) is 0 Å². The van der Waals surface area contributed by atoms with Gasteiger partial charge < -0.3 is 5.32 Å². The molecule has 0 atom stereocenters. The molecule has 0 aliphatic carbocycles. The van der Waals surface area contributed by atoms with E-state index in [0.717, 1.165) is 22.4 Å². The minimum atomic E-state index is 0.318. The van der Waals surface area contributed by atoms with Crippen molar-refractivity contribution in [2.45, 2.75) is 27.2 Å². The van der Waals surface area contributed by atoms with Gasteiger partial charge in [-0.1, -0.05) is 43.7 Å². The van der Waals surface area contributed by atoms with Crippen LogP contribution in [0.25, 0.3) is 0 Å². The fraction of sp³-hybridized carbons (Fsp3) is 0.667. The van der Waals surface area contributed by atoms with Crippen molar-refractivity contribution in [3.8, 4) is 0 Å². The lowest BCUT2D eigenvalue weighted by atomic mass is 9.90. The summed E-state index contributed by atoms with van der Waals surface area (Å²) in [5.74, 6) is 0. The van der Waals surface area contributed by atoms with E-state index in [-0.39, 0.29) is 0 Å². The van der Waals surface area contributed by atoms with Gasteiger partial charge in [-0.15, -0.1) is 0 Å². The van der Waals surface area contributed by atoms with E-state index in [4.69, 9.17) is 11.6 Å². The van der Waals surface area contributed by atoms with E-state index in [0.29, 0.717) is 5.41 Å². The van der Waals surface area contributed by atoms with Gasteiger partial charge in [0.25, 0.3) is 0 Å². The standard InChI is InChI=1S/C9H15ClN2S/c1-4-9(2,3)6-12-8-11-5-7(10)13-8/h5H,4,6H2,1-3H3,(H,11,12). The Morgan fingerprint density at radius 1 is 1.62 bits per heavy atom. The average Bonchev–Trinajstić information content (AvgIpc) is 2.48. The highest BCUT2D eigenvalue weighted by molar-refractivity contribution is 7.19. The summed E-state index contributed by atoms with van der Waals surface area (Å²) in [4.78, 5) is 4.13. The van der Waals surface area contributed by atoms with E-state index >= 15 is 0 Å². The molecule has 0 spiro atoms. The van der Waals surface area contributed by atoms with Crippen LogP contribution < -0.4 is 5.32 Å². The molecule has 4 heteroatoms. The molecule has 1 aromatic rings. The van der Waals surface area contributed by atoms with Crippen LogP contribution >= 0.6 is 22.9 Å². The Labute approximate surface area is 88.3 Å². The van der Waals surface area contributed by atoms with Crippen molar-refractivity contribution >= 4 is 28.1 Å². The molecule has 13 heavy (non-hydrogen) atoms. The van der Waals surface area contributed by atoms with Gasteiger partial charge in [-0.3, -0.25) is 0 Å². The maximum atomic E-state index is 5.76. The summed E-state index contributed by atoms with van der Waals surface area (Å²) in [6.07, 6.45) is 2.83. The van der Waals surface area contributed by atoms with Gasteiger partial charge in [0.15, 0.2) is 5.13 Å². The second-order valence-electron chi connectivity index (χ2n) is 3.84. The van der Waals surface area contributed by atoms with Crippen molar-refractivity contribution in [3.63, 3.8) is 0 Å². The molecule has 0 aliphatic rings. The van der Waals surface area contributed by atoms with Crippen LogP contribution in [0.1, 0.15) is 27.2 Å². The summed E-state index contributed by atoms with van der Waals surface area (Å²) in [7, 11) is 0. The Morgan fingerprint density at radius 2 is 2.31 bits per heavy atom. The summed E-state index contributed by atoms with van der Waals surface area (Å²) in [6.45, 7) is 7.59. The minimum absolute atomic E-state index is 0.318. The van der Waals surface area contributed by atoms with Crippen LogP contribution in [-0.4, -0.2) is 11.5 Å². The molecule has 0 amide bonds. The lowest BCUT2D eigenvalue weighted by Crippen LogP contribution is -2.21. The maximum Gasteiger partial charge on any atom is 0.184 e. The second kappa shape index (κ2) is 4.29. The fourth-order valence-electron chi connectivity index (χ4n) is 0.776. The van der Waals surface area contributed by atoms with Gasteiger partial charge in [-0.25, -0.2) is 4.98 Å². The first-order chi connectivity index (χ1) is 6.03. The molecule has 0 unspecified atom stereocenters. The summed E-state index contributed by atoms with van der Waals surface area (Å²) in [5.41, 5.74) is 0.318. The van der Waals surface area contributed by atoms with E-state index in [9.17, 15) is 0 Å². The molecule has 74 valence electrons. The molecule has 1 aromatic heterocycles. The summed E-state index contributed by atoms with van der Waals surface area (Å²) >= 11 is 7.24. The molecule has 0 saturated heterocycles. The Bertz CT molecular complexity index is 270. The first kappa shape index (κ1) is 10.8. The summed E-state index contributed by atoms with van der Waals surface area (Å²) in [5, 5.41) is 4.19. The molecule has 0 bridgehead atoms. The number of halogens is 1. The Balaban J connectivity index is 2.43. The highest BCUT2D eigenvalue weighted by atomic mass is 35.5. The Morgan fingerprint density at radius 3 is 2.77 bits per heavy atom. The topological polar surface area (TPSA) is 24.9 Å². The van der Waals surface area contributed by atoms with Crippen LogP contribution in [0.2, 0.25) is 4.34 Å². The molecule has 0 radical (unpaired) electrons. The monoisotopic (exact) mass is 218 g/mol. The van der Waals surface area contributed by atoms with Crippen LogP contribution in [0.3, 0.4) is 0 Å². The first-order valence-electron chi connectivity index (χ1n) is 4.39. The number of nitrogens with zero attached hydrogens (tertiary/aromatic N) is 1. The zero-order valence-corrected chi connectivity index (χ0v) is 9.80. The molecule has 1 rings (SSSR count). The number of hydrogen-bond donors (Lipinski definition) is 1. The molecular weight excluding hydrogens is 204 g/mol. The maximum absolute atomic E-state index is 5.76. The lowest BCUT2D eigenvalue weighted by Gasteiger charge is -2.22. The molecule has 1 heterocycles. The third-order valence-electron chi connectivity index (χ3n) is 2.15. The Kier molecular flexibility index (Phi) is 3.56. The third kappa shape index (κ3) is 3.53. The van der Waals surface area contributed by atoms with E-state index in [1.54, 1.807) is 6.20 Å². The number of nitrogens with one attached hydrogen (secondary N) is 1. The Hall–Kier alpha value is -0.280. The number of anilines is 1. The molecule has 0 aromatic carbocycles. The zero-order valence-electron chi connectivity index (χ0n) is 8.22. The predicted molar refractivity (Wildman–Crippen MR) is 59.7 cm³/mol. The van der Waals surface area contributed by atoms with E-state index in [1.165, 1.54) is 11.3 Å². The number of hydrogen-bond acceptors (Lipinski definition) is 3. The quantitative estimate of drug-likeness (QED) is 0.835. The molecular formula is C9H15ClN2S. The predicted octanol–water partition coefficient (Wildman–Crippen LogP) is 3.64. The fourth-order valence-corrected chi connectivity index (χ4v) is 1.58. The van der Waals surface area contributed by atoms with Crippen LogP contribution in [0.4, 0.5) is 5.13 Å². The molecule has 1 N–H and O–H groups in total. The zero-order chi connectivity index (χ0) is 9.90. The highest BCUT2D eigenvalue weighted by Gasteiger charge is 2.14. The number of aromatic nitrogens is 1. The first-order valence-corrected chi connectivity index (χ1v) is 5.58. The van der Waals surface area contributed by atoms with Crippen molar-refractivity contribution in [3.05, 3.63) is 10.5 Å². The lowest BCUT2D eigenvalue weighted by molar-refractivity contribution is 0.377. The van der Waals surface area contributed by atoms with Gasteiger partial charge in [0, 0.05) is 6.54 Å². The summed E-state index contributed by atoms with van der Waals surface area (Å²) in [6, 6.07) is 0. The van der Waals surface area contributed by atoms with Crippen molar-refractivity contribution in [2.75, 3.05) is 11.9 Å². The van der Waals surface area contributed by atoms with Crippen LogP contribution in [0, 0.1) is 5.41 Å². The molecule has 0 saturated carbocycles. The van der Waals surface area contributed by atoms with Crippen molar-refractivity contribution in [1.82, 2.24) is 4.98 Å². The van der Waals surface area contributed by atoms with Crippen molar-refractivity contribution in [1.29, 1.82) is 0 Å². The van der Waals surface area contributed by atoms with E-state index < -0.39 is 0 Å². The molecule has 0 aliphatic heterocycles. The normalized spacial score (nSPS) is 11.7. The average molecular weight is 219 g/mol. The third-order valence-corrected chi connectivity index (χ3v) is 3.23. The van der Waals surface area contributed by atoms with Gasteiger partial charge in [0.1, 0.15) is 4.34 Å². The highest BCUT2D eigenvalue weighted by Crippen LogP contribution is 2.25. The van der Waals surface area contributed by atoms with Crippen molar-refractivity contribution in [2.24, 2.45) is 5.41 Å². The smallest absolute Gasteiger partial charge is 0.184 e. The second-order valence-corrected chi connectivity index (χ2v) is 5.50. The minimum Gasteiger partial charge on any atom is -0.361 e. The number of rotatable bonds is 4. The van der Waals surface area contributed by atoms with Gasteiger partial charge in [0.05, 0.1) is 6.20 Å². The SMILES string of the molecule is CCC(C)(C)CNc1ncc(Cl)s1. The molecule has 0 fully saturated rings. The molecule has 2 nitrogen and oxygen atoms in total. The van der Waals surface area contributed by atoms with Crippen LogP contribution in [-0.2, 0) is 0 Å². The number of thiazole rings is 1.